The molecule has 1 aromatic heterocycles. The van der Waals surface area contributed by atoms with Crippen molar-refractivity contribution < 1.29 is 28.8 Å². The minimum Gasteiger partial charge on any atom is -0.385 e. The Morgan fingerprint density at radius 2 is 1.55 bits per heavy atom. The van der Waals surface area contributed by atoms with E-state index in [2.05, 4.69) is 33.1 Å². The Morgan fingerprint density at radius 3 is 2.31 bits per heavy atom. The lowest BCUT2D eigenvalue weighted by atomic mass is 9.88. The van der Waals surface area contributed by atoms with Gasteiger partial charge in [-0.1, -0.05) is 49.9 Å². The molecular weight excluding hydrogens is 783 g/mol. The summed E-state index contributed by atoms with van der Waals surface area (Å²) in [6.07, 6.45) is 18.6. The molecule has 3 fully saturated rings. The SMILES string of the molecule is O=C(/C=C/c1cccnc1)NCCCCC1CCN(C(=O)c2ccc(C3CCN(C(=O)CCCCCCNc4cccc5c4CN(C4CCC(=O)NC4=O)C5=O)CC3)cc2)CC1. The smallest absolute Gasteiger partial charge is 0.255 e. The number of carbonyl (C=O) groups excluding carboxylic acids is 6. The molecule has 3 aromatic rings. The first-order valence-electron chi connectivity index (χ1n) is 22.8. The zero-order valence-electron chi connectivity index (χ0n) is 35.8. The van der Waals surface area contributed by atoms with Crippen molar-refractivity contribution in [3.8, 4) is 0 Å². The van der Waals surface area contributed by atoms with E-state index in [1.165, 1.54) is 5.56 Å². The molecule has 0 saturated carbocycles. The van der Waals surface area contributed by atoms with Crippen LogP contribution in [0.15, 0.2) is 73.1 Å². The van der Waals surface area contributed by atoms with Crippen molar-refractivity contribution in [1.82, 2.24) is 30.3 Å². The number of anilines is 1. The van der Waals surface area contributed by atoms with E-state index in [0.717, 1.165) is 126 Å². The summed E-state index contributed by atoms with van der Waals surface area (Å²) >= 11 is 0. The van der Waals surface area contributed by atoms with Gasteiger partial charge in [0.2, 0.25) is 23.6 Å². The molecule has 13 nitrogen and oxygen atoms in total. The van der Waals surface area contributed by atoms with Crippen molar-refractivity contribution in [2.75, 3.05) is 44.6 Å². The van der Waals surface area contributed by atoms with E-state index in [0.29, 0.717) is 43.3 Å². The summed E-state index contributed by atoms with van der Waals surface area (Å²) in [5.41, 5.74) is 5.27. The Kier molecular flexibility index (Phi) is 15.5. The first-order valence-corrected chi connectivity index (χ1v) is 22.8. The van der Waals surface area contributed by atoms with Crippen LogP contribution in [-0.2, 0) is 25.7 Å². The number of unbranched alkanes of at least 4 members (excludes halogenated alkanes) is 4. The molecule has 5 heterocycles. The number of benzene rings is 2. The maximum atomic E-state index is 13.4. The second-order valence-corrected chi connectivity index (χ2v) is 17.2. The van der Waals surface area contributed by atoms with Crippen molar-refractivity contribution in [3.05, 3.63) is 101 Å². The average molecular weight is 844 g/mol. The minimum atomic E-state index is -0.629. The van der Waals surface area contributed by atoms with E-state index >= 15 is 0 Å². The van der Waals surface area contributed by atoms with Gasteiger partial charge in [0.25, 0.3) is 11.8 Å². The summed E-state index contributed by atoms with van der Waals surface area (Å²) in [6.45, 7) is 4.82. The molecule has 2 aromatic carbocycles. The third-order valence-electron chi connectivity index (χ3n) is 13.0. The van der Waals surface area contributed by atoms with Crippen LogP contribution in [0, 0.1) is 5.92 Å². The summed E-state index contributed by atoms with van der Waals surface area (Å²) in [5, 5.41) is 8.79. The monoisotopic (exact) mass is 843 g/mol. The van der Waals surface area contributed by atoms with Crippen molar-refractivity contribution in [1.29, 1.82) is 0 Å². The molecule has 62 heavy (non-hydrogen) atoms. The van der Waals surface area contributed by atoms with Gasteiger partial charge in [-0.2, -0.15) is 0 Å². The van der Waals surface area contributed by atoms with Gasteiger partial charge in [-0.25, -0.2) is 0 Å². The predicted octanol–water partition coefficient (Wildman–Crippen LogP) is 6.46. The highest BCUT2D eigenvalue weighted by Gasteiger charge is 2.40. The van der Waals surface area contributed by atoms with Crippen LogP contribution < -0.4 is 16.0 Å². The molecule has 328 valence electrons. The zero-order valence-corrected chi connectivity index (χ0v) is 35.8. The molecule has 7 rings (SSSR count). The molecule has 1 unspecified atom stereocenters. The number of imide groups is 1. The normalized spacial score (nSPS) is 18.5. The van der Waals surface area contributed by atoms with E-state index in [1.807, 2.05) is 46.2 Å². The lowest BCUT2D eigenvalue weighted by Crippen LogP contribution is -2.52. The average Bonchev–Trinajstić information content (AvgIpc) is 3.64. The number of amides is 6. The number of rotatable bonds is 18. The summed E-state index contributed by atoms with van der Waals surface area (Å²) < 4.78 is 0. The van der Waals surface area contributed by atoms with Crippen LogP contribution in [0.25, 0.3) is 6.08 Å². The van der Waals surface area contributed by atoms with E-state index in [1.54, 1.807) is 35.5 Å². The number of hydrogen-bond donors (Lipinski definition) is 3. The second kappa shape index (κ2) is 21.8. The Morgan fingerprint density at radius 1 is 0.790 bits per heavy atom. The zero-order chi connectivity index (χ0) is 43.3. The van der Waals surface area contributed by atoms with Crippen LogP contribution in [0.2, 0.25) is 0 Å². The number of carbonyl (C=O) groups is 6. The maximum absolute atomic E-state index is 13.4. The van der Waals surface area contributed by atoms with E-state index in [-0.39, 0.29) is 36.0 Å². The largest absolute Gasteiger partial charge is 0.385 e. The van der Waals surface area contributed by atoms with Crippen LogP contribution in [0.1, 0.15) is 133 Å². The molecule has 0 bridgehead atoms. The number of pyridine rings is 1. The van der Waals surface area contributed by atoms with E-state index in [4.69, 9.17) is 0 Å². The fourth-order valence-corrected chi connectivity index (χ4v) is 9.33. The summed E-state index contributed by atoms with van der Waals surface area (Å²) in [6, 6.07) is 16.9. The number of fused-ring (bicyclic) bond motifs is 1. The number of likely N-dealkylation sites (tertiary alicyclic amines) is 2. The standard InChI is InChI=1S/C49H61N7O6/c57-44(20-14-36-10-8-26-50-33-36)52-28-6-4-9-35-22-29-55(30-23-35)48(61)39-17-15-37(16-18-39)38-24-31-54(32-25-38)46(59)13-3-1-2-5-27-51-42-12-7-11-40-41(42)34-56(49(40)62)43-19-21-45(58)53-47(43)60/h7-8,10-12,14-18,20,26,33,35,38,43,51H,1-6,9,13,19,21-25,27-32,34H2,(H,52,57)(H,53,58,60)/b20-14+. The maximum Gasteiger partial charge on any atom is 0.255 e. The lowest BCUT2D eigenvalue weighted by Gasteiger charge is -2.33. The quantitative estimate of drug-likeness (QED) is 0.0747. The van der Waals surface area contributed by atoms with Gasteiger partial charge in [0, 0.05) is 99.5 Å². The van der Waals surface area contributed by atoms with Crippen molar-refractivity contribution in [2.24, 2.45) is 5.92 Å². The predicted molar refractivity (Wildman–Crippen MR) is 238 cm³/mol. The Balaban J connectivity index is 0.726. The van der Waals surface area contributed by atoms with Crippen LogP contribution >= 0.6 is 0 Å². The fourth-order valence-electron chi connectivity index (χ4n) is 9.33. The third kappa shape index (κ3) is 11.7. The first kappa shape index (κ1) is 44.2. The van der Waals surface area contributed by atoms with Gasteiger partial charge >= 0.3 is 0 Å². The molecule has 0 spiro atoms. The molecular formula is C49H61N7O6. The summed E-state index contributed by atoms with van der Waals surface area (Å²) in [5.74, 6) is 0.355. The van der Waals surface area contributed by atoms with Crippen LogP contribution in [0.5, 0.6) is 0 Å². The first-order chi connectivity index (χ1) is 30.2. The molecule has 0 aliphatic carbocycles. The van der Waals surface area contributed by atoms with Gasteiger partial charge in [0.15, 0.2) is 0 Å². The van der Waals surface area contributed by atoms with Gasteiger partial charge < -0.3 is 25.3 Å². The molecule has 4 aliphatic heterocycles. The molecule has 3 N–H and O–H groups in total. The number of aromatic nitrogens is 1. The molecule has 6 amide bonds. The van der Waals surface area contributed by atoms with Gasteiger partial charge in [0.1, 0.15) is 6.04 Å². The second-order valence-electron chi connectivity index (χ2n) is 17.2. The molecule has 13 heteroatoms. The number of piperidine rings is 3. The highest BCUT2D eigenvalue weighted by molar-refractivity contribution is 6.06. The van der Waals surface area contributed by atoms with Gasteiger partial charge in [0.05, 0.1) is 0 Å². The minimum absolute atomic E-state index is 0.0906. The highest BCUT2D eigenvalue weighted by atomic mass is 16.2. The van der Waals surface area contributed by atoms with Gasteiger partial charge in [-0.05, 0) is 111 Å². The third-order valence-corrected chi connectivity index (χ3v) is 13.0. The van der Waals surface area contributed by atoms with Crippen molar-refractivity contribution >= 4 is 47.2 Å². The number of nitrogens with one attached hydrogen (secondary N) is 3. The fraction of sp³-hybridized carbons (Fsp3) is 0.490. The van der Waals surface area contributed by atoms with Crippen LogP contribution in [0.4, 0.5) is 5.69 Å². The Hall–Kier alpha value is -5.85. The molecule has 3 saturated heterocycles. The molecule has 1 atom stereocenters. The van der Waals surface area contributed by atoms with Gasteiger partial charge in [-0.3, -0.25) is 39.1 Å². The van der Waals surface area contributed by atoms with E-state index < -0.39 is 11.9 Å². The Bertz CT molecular complexity index is 2070. The highest BCUT2D eigenvalue weighted by Crippen LogP contribution is 2.33. The topological polar surface area (TPSA) is 161 Å². The van der Waals surface area contributed by atoms with E-state index in [9.17, 15) is 28.8 Å². The number of hydrogen-bond acceptors (Lipinski definition) is 8. The van der Waals surface area contributed by atoms with Crippen molar-refractivity contribution in [2.45, 2.75) is 108 Å². The summed E-state index contributed by atoms with van der Waals surface area (Å²) in [4.78, 5) is 85.3. The molecule has 0 radical (unpaired) electrons. The van der Waals surface area contributed by atoms with Crippen molar-refractivity contribution in [3.63, 3.8) is 0 Å². The lowest BCUT2D eigenvalue weighted by molar-refractivity contribution is -0.137. The van der Waals surface area contributed by atoms with Gasteiger partial charge in [-0.15, -0.1) is 0 Å². The van der Waals surface area contributed by atoms with Crippen LogP contribution in [0.3, 0.4) is 0 Å². The van der Waals surface area contributed by atoms with Crippen LogP contribution in [-0.4, -0.2) is 100 Å². The molecule has 4 aliphatic rings. The Labute approximate surface area is 365 Å². The summed E-state index contributed by atoms with van der Waals surface area (Å²) in [7, 11) is 0. The number of nitrogens with zero attached hydrogens (tertiary/aromatic N) is 4.